The van der Waals surface area contributed by atoms with Crippen molar-refractivity contribution in [2.24, 2.45) is 10.9 Å². The van der Waals surface area contributed by atoms with Crippen molar-refractivity contribution in [3.8, 4) is 0 Å². The lowest BCUT2D eigenvalue weighted by Crippen LogP contribution is -2.33. The maximum atomic E-state index is 8.58. The largest absolute Gasteiger partial charge is 0.409 e. The molecule has 2 aromatic rings. The molecule has 0 saturated carbocycles. The van der Waals surface area contributed by atoms with E-state index in [0.717, 1.165) is 15.3 Å². The van der Waals surface area contributed by atoms with Gasteiger partial charge in [0.05, 0.1) is 10.2 Å². The van der Waals surface area contributed by atoms with Gasteiger partial charge in [0, 0.05) is 19.5 Å². The summed E-state index contributed by atoms with van der Waals surface area (Å²) in [6, 6.07) is 8.16. The molecule has 1 aromatic heterocycles. The van der Waals surface area contributed by atoms with Crippen LogP contribution in [0, 0.1) is 0 Å². The lowest BCUT2D eigenvalue weighted by atomic mass is 10.2. The Morgan fingerprint density at radius 2 is 2.28 bits per heavy atom. The molecule has 18 heavy (non-hydrogen) atoms. The van der Waals surface area contributed by atoms with Gasteiger partial charge in [0.1, 0.15) is 5.84 Å². The molecule has 0 bridgehead atoms. The summed E-state index contributed by atoms with van der Waals surface area (Å²) in [5.74, 6) is 0.232. The van der Waals surface area contributed by atoms with Crippen molar-refractivity contribution in [3.05, 3.63) is 24.3 Å². The molecule has 0 aliphatic heterocycles. The number of nitrogens with zero attached hydrogens (tertiary/aromatic N) is 3. The number of thiazole rings is 1. The predicted molar refractivity (Wildman–Crippen MR) is 75.5 cm³/mol. The third-order valence-electron chi connectivity index (χ3n) is 2.88. The van der Waals surface area contributed by atoms with Gasteiger partial charge in [-0.25, -0.2) is 4.98 Å². The van der Waals surface area contributed by atoms with E-state index in [1.807, 2.05) is 37.1 Å². The summed E-state index contributed by atoms with van der Waals surface area (Å²) >= 11 is 1.64. The molecule has 5 nitrogen and oxygen atoms in total. The molecule has 6 heteroatoms. The Bertz CT molecular complexity index is 533. The second-order valence-corrected chi connectivity index (χ2v) is 5.23. The maximum Gasteiger partial charge on any atom is 0.186 e. The smallest absolute Gasteiger partial charge is 0.186 e. The van der Waals surface area contributed by atoms with Gasteiger partial charge in [0.25, 0.3) is 0 Å². The molecule has 3 N–H and O–H groups in total. The standard InChI is InChI=1S/C12H16N4OS/c1-8(7-11(13)15-17)16(2)12-14-9-5-3-4-6-10(9)18-12/h3-6,8,17H,7H2,1-2H3,(H2,13,15). The topological polar surface area (TPSA) is 74.7 Å². The molecule has 0 amide bonds. The number of para-hydroxylation sites is 1. The first kappa shape index (κ1) is 12.6. The van der Waals surface area contributed by atoms with Crippen molar-refractivity contribution in [2.45, 2.75) is 19.4 Å². The fourth-order valence-corrected chi connectivity index (χ4v) is 2.71. The van der Waals surface area contributed by atoms with Crippen LogP contribution in [0.4, 0.5) is 5.13 Å². The van der Waals surface area contributed by atoms with Crippen LogP contribution in [0.1, 0.15) is 13.3 Å². The minimum atomic E-state index is 0.126. The van der Waals surface area contributed by atoms with E-state index in [1.54, 1.807) is 11.3 Å². The molecule has 0 radical (unpaired) electrons. The molecule has 1 heterocycles. The van der Waals surface area contributed by atoms with Crippen molar-refractivity contribution in [2.75, 3.05) is 11.9 Å². The SMILES string of the molecule is CC(CC(N)=NO)N(C)c1nc2ccccc2s1. The lowest BCUT2D eigenvalue weighted by molar-refractivity contribution is 0.316. The molecule has 0 fully saturated rings. The summed E-state index contributed by atoms with van der Waals surface area (Å²) in [4.78, 5) is 6.61. The van der Waals surface area contributed by atoms with Gasteiger partial charge in [-0.15, -0.1) is 0 Å². The van der Waals surface area contributed by atoms with Crippen LogP contribution in [-0.2, 0) is 0 Å². The first-order valence-electron chi connectivity index (χ1n) is 5.66. The van der Waals surface area contributed by atoms with E-state index >= 15 is 0 Å². The van der Waals surface area contributed by atoms with E-state index in [9.17, 15) is 0 Å². The summed E-state index contributed by atoms with van der Waals surface area (Å²) in [7, 11) is 1.97. The fraction of sp³-hybridized carbons (Fsp3) is 0.333. The Morgan fingerprint density at radius 3 is 2.94 bits per heavy atom. The van der Waals surface area contributed by atoms with Gasteiger partial charge in [-0.3, -0.25) is 0 Å². The highest BCUT2D eigenvalue weighted by molar-refractivity contribution is 7.22. The zero-order valence-electron chi connectivity index (χ0n) is 10.4. The molecule has 1 unspecified atom stereocenters. The summed E-state index contributed by atoms with van der Waals surface area (Å²) in [6.45, 7) is 2.02. The number of anilines is 1. The van der Waals surface area contributed by atoms with Gasteiger partial charge in [-0.05, 0) is 19.1 Å². The number of rotatable bonds is 4. The second kappa shape index (κ2) is 5.22. The minimum absolute atomic E-state index is 0.126. The van der Waals surface area contributed by atoms with E-state index in [-0.39, 0.29) is 11.9 Å². The predicted octanol–water partition coefficient (Wildman–Crippen LogP) is 2.26. The molecule has 96 valence electrons. The number of aromatic nitrogens is 1. The summed E-state index contributed by atoms with van der Waals surface area (Å²) in [5, 5.41) is 12.5. The average molecular weight is 264 g/mol. The van der Waals surface area contributed by atoms with E-state index in [1.165, 1.54) is 0 Å². The molecule has 0 aliphatic rings. The Morgan fingerprint density at radius 1 is 1.56 bits per heavy atom. The van der Waals surface area contributed by atoms with E-state index in [0.29, 0.717) is 6.42 Å². The third kappa shape index (κ3) is 2.53. The van der Waals surface area contributed by atoms with Crippen molar-refractivity contribution >= 4 is 32.5 Å². The van der Waals surface area contributed by atoms with Gasteiger partial charge >= 0.3 is 0 Å². The fourth-order valence-electron chi connectivity index (χ4n) is 1.68. The van der Waals surface area contributed by atoms with Gasteiger partial charge in [-0.1, -0.05) is 28.6 Å². The van der Waals surface area contributed by atoms with Crippen LogP contribution in [0.2, 0.25) is 0 Å². The second-order valence-electron chi connectivity index (χ2n) is 4.22. The molecule has 1 aromatic carbocycles. The molecule has 0 spiro atoms. The van der Waals surface area contributed by atoms with Crippen LogP contribution >= 0.6 is 11.3 Å². The minimum Gasteiger partial charge on any atom is -0.409 e. The van der Waals surface area contributed by atoms with E-state index in [4.69, 9.17) is 10.9 Å². The first-order valence-corrected chi connectivity index (χ1v) is 6.48. The van der Waals surface area contributed by atoms with Gasteiger partial charge in [0.15, 0.2) is 5.13 Å². The van der Waals surface area contributed by atoms with Crippen molar-refractivity contribution in [1.29, 1.82) is 0 Å². The number of nitrogens with two attached hydrogens (primary N) is 1. The quantitative estimate of drug-likeness (QED) is 0.384. The van der Waals surface area contributed by atoms with Gasteiger partial charge in [-0.2, -0.15) is 0 Å². The van der Waals surface area contributed by atoms with Gasteiger partial charge in [0.2, 0.25) is 0 Å². The average Bonchev–Trinajstić information content (AvgIpc) is 2.81. The van der Waals surface area contributed by atoms with E-state index < -0.39 is 0 Å². The Hall–Kier alpha value is -1.82. The summed E-state index contributed by atoms with van der Waals surface area (Å²) < 4.78 is 1.16. The zero-order chi connectivity index (χ0) is 13.1. The summed E-state index contributed by atoms with van der Waals surface area (Å²) in [6.07, 6.45) is 0.503. The van der Waals surface area contributed by atoms with Crippen LogP contribution in [0.3, 0.4) is 0 Å². The number of hydrogen-bond acceptors (Lipinski definition) is 5. The van der Waals surface area contributed by atoms with Crippen LogP contribution < -0.4 is 10.6 Å². The number of fused-ring (bicyclic) bond motifs is 1. The maximum absolute atomic E-state index is 8.58. The highest BCUT2D eigenvalue weighted by atomic mass is 32.1. The third-order valence-corrected chi connectivity index (χ3v) is 4.01. The molecule has 0 saturated heterocycles. The van der Waals surface area contributed by atoms with Crippen LogP contribution in [0.5, 0.6) is 0 Å². The highest BCUT2D eigenvalue weighted by Gasteiger charge is 2.15. The van der Waals surface area contributed by atoms with Crippen LogP contribution in [0.15, 0.2) is 29.4 Å². The van der Waals surface area contributed by atoms with Crippen LogP contribution in [-0.4, -0.2) is 29.1 Å². The molecule has 0 aliphatic carbocycles. The number of benzene rings is 1. The Labute approximate surface area is 110 Å². The lowest BCUT2D eigenvalue weighted by Gasteiger charge is -2.23. The van der Waals surface area contributed by atoms with Crippen molar-refractivity contribution in [1.82, 2.24) is 4.98 Å². The Balaban J connectivity index is 2.19. The van der Waals surface area contributed by atoms with Crippen LogP contribution in [0.25, 0.3) is 10.2 Å². The molecule has 1 atom stereocenters. The zero-order valence-corrected chi connectivity index (χ0v) is 11.2. The summed E-state index contributed by atoms with van der Waals surface area (Å²) in [5.41, 5.74) is 6.52. The normalized spacial score (nSPS) is 13.8. The molecule has 2 rings (SSSR count). The highest BCUT2D eigenvalue weighted by Crippen LogP contribution is 2.29. The number of amidine groups is 1. The van der Waals surface area contributed by atoms with Crippen molar-refractivity contribution < 1.29 is 5.21 Å². The molecular formula is C12H16N4OS. The number of oxime groups is 1. The monoisotopic (exact) mass is 264 g/mol. The first-order chi connectivity index (χ1) is 8.61. The van der Waals surface area contributed by atoms with Crippen molar-refractivity contribution in [3.63, 3.8) is 0 Å². The van der Waals surface area contributed by atoms with E-state index in [2.05, 4.69) is 16.2 Å². The Kier molecular flexibility index (Phi) is 3.66. The number of hydrogen-bond donors (Lipinski definition) is 2. The molecular weight excluding hydrogens is 248 g/mol. The van der Waals surface area contributed by atoms with Gasteiger partial charge < -0.3 is 15.8 Å².